The van der Waals surface area contributed by atoms with Crippen molar-refractivity contribution in [1.82, 2.24) is 4.98 Å². The monoisotopic (exact) mass is 387 g/mol. The Labute approximate surface area is 157 Å². The van der Waals surface area contributed by atoms with E-state index in [-0.39, 0.29) is 22.6 Å². The van der Waals surface area contributed by atoms with Gasteiger partial charge in [0.25, 0.3) is 10.9 Å². The number of benzene rings is 2. The molecular formula is C18H14FN3O4S. The third-order valence-corrected chi connectivity index (χ3v) is 4.54. The number of hydrogen-bond acceptors (Lipinski definition) is 6. The first-order valence-corrected chi connectivity index (χ1v) is 8.74. The van der Waals surface area contributed by atoms with Crippen molar-refractivity contribution >= 4 is 29.0 Å². The quantitative estimate of drug-likeness (QED) is 0.380. The average Bonchev–Trinajstić information content (AvgIpc) is 3.11. The van der Waals surface area contributed by atoms with Crippen LogP contribution < -0.4 is 5.32 Å². The van der Waals surface area contributed by atoms with Crippen LogP contribution >= 0.6 is 11.8 Å². The van der Waals surface area contributed by atoms with E-state index in [4.69, 9.17) is 4.42 Å². The number of aromatic nitrogens is 1. The Hall–Kier alpha value is -3.20. The van der Waals surface area contributed by atoms with Crippen LogP contribution in [0.2, 0.25) is 0 Å². The number of halogens is 1. The summed E-state index contributed by atoms with van der Waals surface area (Å²) in [6.07, 6.45) is 1.50. The van der Waals surface area contributed by atoms with Crippen molar-refractivity contribution in [3.63, 3.8) is 0 Å². The number of nitro groups is 1. The molecule has 0 fully saturated rings. The SMILES string of the molecule is CC(Sc1ncc(-c2ccc(F)cc2)o1)C(=O)Nc1cccc([N+](=O)[O-])c1. The molecule has 1 atom stereocenters. The van der Waals surface area contributed by atoms with Crippen molar-refractivity contribution in [2.45, 2.75) is 17.4 Å². The highest BCUT2D eigenvalue weighted by atomic mass is 32.2. The summed E-state index contributed by atoms with van der Waals surface area (Å²) in [7, 11) is 0. The third-order valence-electron chi connectivity index (χ3n) is 3.58. The molecule has 0 saturated heterocycles. The Bertz CT molecular complexity index is 975. The molecule has 1 amide bonds. The van der Waals surface area contributed by atoms with Crippen LogP contribution in [0, 0.1) is 15.9 Å². The molecule has 2 aromatic carbocycles. The molecule has 3 aromatic rings. The Morgan fingerprint density at radius 1 is 1.30 bits per heavy atom. The summed E-state index contributed by atoms with van der Waals surface area (Å²) in [6, 6.07) is 11.5. The van der Waals surface area contributed by atoms with E-state index in [1.165, 1.54) is 36.5 Å². The first kappa shape index (κ1) is 18.6. The highest BCUT2D eigenvalue weighted by Gasteiger charge is 2.19. The van der Waals surface area contributed by atoms with Crippen LogP contribution in [0.15, 0.2) is 64.4 Å². The molecule has 0 aliphatic heterocycles. The van der Waals surface area contributed by atoms with Gasteiger partial charge in [0.05, 0.1) is 16.4 Å². The highest BCUT2D eigenvalue weighted by molar-refractivity contribution is 8.00. The average molecular weight is 387 g/mol. The standard InChI is InChI=1S/C18H14FN3O4S/c1-11(17(23)21-14-3-2-4-15(9-14)22(24)25)27-18-20-10-16(26-18)12-5-7-13(19)8-6-12/h2-11H,1H3,(H,21,23). The number of hydrogen-bond donors (Lipinski definition) is 1. The maximum Gasteiger partial charge on any atom is 0.271 e. The predicted octanol–water partition coefficient (Wildman–Crippen LogP) is 4.51. The minimum Gasteiger partial charge on any atom is -0.431 e. The van der Waals surface area contributed by atoms with E-state index in [0.717, 1.165) is 11.8 Å². The van der Waals surface area contributed by atoms with E-state index in [1.54, 1.807) is 25.1 Å². The van der Waals surface area contributed by atoms with E-state index < -0.39 is 10.2 Å². The van der Waals surface area contributed by atoms with Gasteiger partial charge < -0.3 is 9.73 Å². The molecule has 7 nitrogen and oxygen atoms in total. The maximum absolute atomic E-state index is 13.0. The molecule has 1 unspecified atom stereocenters. The summed E-state index contributed by atoms with van der Waals surface area (Å²) in [5.41, 5.74) is 0.898. The van der Waals surface area contributed by atoms with E-state index in [2.05, 4.69) is 10.3 Å². The van der Waals surface area contributed by atoms with E-state index in [0.29, 0.717) is 17.0 Å². The number of nitrogens with zero attached hydrogens (tertiary/aromatic N) is 2. The molecule has 1 aromatic heterocycles. The van der Waals surface area contributed by atoms with Crippen molar-refractivity contribution in [1.29, 1.82) is 0 Å². The van der Waals surface area contributed by atoms with Gasteiger partial charge in [0.15, 0.2) is 5.76 Å². The van der Waals surface area contributed by atoms with Crippen LogP contribution in [0.4, 0.5) is 15.8 Å². The predicted molar refractivity (Wildman–Crippen MR) is 98.9 cm³/mol. The van der Waals surface area contributed by atoms with Gasteiger partial charge in [0, 0.05) is 23.4 Å². The molecular weight excluding hydrogens is 373 g/mol. The lowest BCUT2D eigenvalue weighted by Crippen LogP contribution is -2.22. The van der Waals surface area contributed by atoms with Crippen LogP contribution in [0.3, 0.4) is 0 Å². The minimum atomic E-state index is -0.552. The lowest BCUT2D eigenvalue weighted by Gasteiger charge is -2.09. The molecule has 0 spiro atoms. The summed E-state index contributed by atoms with van der Waals surface area (Å²) < 4.78 is 18.6. The van der Waals surface area contributed by atoms with Crippen LogP contribution in [-0.2, 0) is 4.79 Å². The van der Waals surface area contributed by atoms with Gasteiger partial charge in [-0.2, -0.15) is 0 Å². The topological polar surface area (TPSA) is 98.3 Å². The Morgan fingerprint density at radius 3 is 2.74 bits per heavy atom. The minimum absolute atomic E-state index is 0.107. The molecule has 0 aliphatic carbocycles. The smallest absolute Gasteiger partial charge is 0.271 e. The lowest BCUT2D eigenvalue weighted by atomic mass is 10.2. The van der Waals surface area contributed by atoms with Crippen molar-refractivity contribution in [2.24, 2.45) is 0 Å². The third kappa shape index (κ3) is 4.70. The fourth-order valence-electron chi connectivity index (χ4n) is 2.21. The first-order valence-electron chi connectivity index (χ1n) is 7.86. The molecule has 1 heterocycles. The Morgan fingerprint density at radius 2 is 2.04 bits per heavy atom. The van der Waals surface area contributed by atoms with Crippen LogP contribution in [0.25, 0.3) is 11.3 Å². The molecule has 3 rings (SSSR count). The van der Waals surface area contributed by atoms with Gasteiger partial charge >= 0.3 is 0 Å². The highest BCUT2D eigenvalue weighted by Crippen LogP contribution is 2.28. The zero-order valence-corrected chi connectivity index (χ0v) is 14.9. The molecule has 0 aliphatic rings. The number of non-ortho nitro benzene ring substituents is 1. The Balaban J connectivity index is 1.64. The lowest BCUT2D eigenvalue weighted by molar-refractivity contribution is -0.384. The summed E-state index contributed by atoms with van der Waals surface area (Å²) in [4.78, 5) is 26.7. The van der Waals surface area contributed by atoms with Crippen molar-refractivity contribution in [2.75, 3.05) is 5.32 Å². The number of carbonyl (C=O) groups is 1. The number of oxazole rings is 1. The molecule has 27 heavy (non-hydrogen) atoms. The number of anilines is 1. The van der Waals surface area contributed by atoms with Gasteiger partial charge in [0.2, 0.25) is 5.91 Å². The zero-order chi connectivity index (χ0) is 19.4. The number of amides is 1. The summed E-state index contributed by atoms with van der Waals surface area (Å²) >= 11 is 1.10. The summed E-state index contributed by atoms with van der Waals surface area (Å²) in [5.74, 6) is -0.231. The maximum atomic E-state index is 13.0. The summed E-state index contributed by atoms with van der Waals surface area (Å²) in [6.45, 7) is 1.67. The summed E-state index contributed by atoms with van der Waals surface area (Å²) in [5, 5.41) is 13.2. The van der Waals surface area contributed by atoms with Gasteiger partial charge in [-0.05, 0) is 37.3 Å². The normalized spacial score (nSPS) is 11.8. The van der Waals surface area contributed by atoms with Gasteiger partial charge in [-0.15, -0.1) is 0 Å². The van der Waals surface area contributed by atoms with Gasteiger partial charge in [-0.25, -0.2) is 9.37 Å². The molecule has 9 heteroatoms. The first-order chi connectivity index (χ1) is 12.9. The van der Waals surface area contributed by atoms with Crippen molar-refractivity contribution in [3.8, 4) is 11.3 Å². The fraction of sp³-hybridized carbons (Fsp3) is 0.111. The zero-order valence-electron chi connectivity index (χ0n) is 14.1. The van der Waals surface area contributed by atoms with Crippen LogP contribution in [0.5, 0.6) is 0 Å². The van der Waals surface area contributed by atoms with Crippen molar-refractivity contribution in [3.05, 3.63) is 70.7 Å². The largest absolute Gasteiger partial charge is 0.431 e. The van der Waals surface area contributed by atoms with Gasteiger partial charge in [0.1, 0.15) is 5.82 Å². The second-order valence-electron chi connectivity index (χ2n) is 5.55. The Kier molecular flexibility index (Phi) is 5.51. The second-order valence-corrected chi connectivity index (χ2v) is 6.85. The molecule has 0 bridgehead atoms. The van der Waals surface area contributed by atoms with Crippen molar-refractivity contribution < 1.29 is 18.5 Å². The van der Waals surface area contributed by atoms with E-state index in [9.17, 15) is 19.3 Å². The van der Waals surface area contributed by atoms with Gasteiger partial charge in [-0.3, -0.25) is 14.9 Å². The molecule has 138 valence electrons. The number of rotatable bonds is 6. The number of thioether (sulfide) groups is 1. The number of nitrogens with one attached hydrogen (secondary N) is 1. The molecule has 1 N–H and O–H groups in total. The van der Waals surface area contributed by atoms with Crippen LogP contribution in [0.1, 0.15) is 6.92 Å². The second kappa shape index (κ2) is 8.00. The van der Waals surface area contributed by atoms with E-state index >= 15 is 0 Å². The van der Waals surface area contributed by atoms with Gasteiger partial charge in [-0.1, -0.05) is 17.8 Å². The molecule has 0 saturated carbocycles. The number of carbonyl (C=O) groups excluding carboxylic acids is 1. The molecule has 0 radical (unpaired) electrons. The number of nitro benzene ring substituents is 1. The van der Waals surface area contributed by atoms with E-state index in [1.807, 2.05) is 0 Å². The van der Waals surface area contributed by atoms with Crippen LogP contribution in [-0.4, -0.2) is 21.1 Å². The fourth-order valence-corrected chi connectivity index (χ4v) is 2.93.